The van der Waals surface area contributed by atoms with Crippen LogP contribution in [0.4, 0.5) is 0 Å². The summed E-state index contributed by atoms with van der Waals surface area (Å²) in [7, 11) is 0. The van der Waals surface area contributed by atoms with Gasteiger partial charge in [-0.2, -0.15) is 0 Å². The van der Waals surface area contributed by atoms with Crippen molar-refractivity contribution in [1.82, 2.24) is 0 Å². The Morgan fingerprint density at radius 1 is 1.44 bits per heavy atom. The number of nitrogens with two attached hydrogens (primary N) is 1. The molecule has 3 N–H and O–H groups in total. The molecule has 0 aromatic carbocycles. The molecule has 0 spiro atoms. The lowest BCUT2D eigenvalue weighted by Crippen LogP contribution is -2.31. The Morgan fingerprint density at radius 2 is 2.00 bits per heavy atom. The molecule has 0 aliphatic heterocycles. The number of carboxylic acids is 1. The highest BCUT2D eigenvalue weighted by Gasteiger charge is 2.27. The van der Waals surface area contributed by atoms with Crippen LogP contribution < -0.4 is 5.73 Å². The van der Waals surface area contributed by atoms with Crippen LogP contribution in [-0.2, 0) is 4.79 Å². The normalized spacial score (nSPS) is 19.9. The average Bonchev–Trinajstić information content (AvgIpc) is 2.51. The summed E-state index contributed by atoms with van der Waals surface area (Å²) < 4.78 is 0. The van der Waals surface area contributed by atoms with Crippen LogP contribution in [0, 0.1) is 11.3 Å². The first kappa shape index (κ1) is 13.5. The van der Waals surface area contributed by atoms with Gasteiger partial charge in [-0.3, -0.25) is 4.79 Å². The van der Waals surface area contributed by atoms with Crippen LogP contribution >= 0.6 is 0 Å². The topological polar surface area (TPSA) is 63.3 Å². The van der Waals surface area contributed by atoms with Crippen LogP contribution in [0.15, 0.2) is 0 Å². The molecular weight excluding hydrogens is 202 g/mol. The molecule has 94 valence electrons. The minimum atomic E-state index is -0.788. The van der Waals surface area contributed by atoms with Crippen LogP contribution in [0.25, 0.3) is 0 Å². The summed E-state index contributed by atoms with van der Waals surface area (Å²) in [5, 5.41) is 8.68. The third kappa shape index (κ3) is 4.97. The van der Waals surface area contributed by atoms with Gasteiger partial charge in [0.2, 0.25) is 0 Å². The van der Waals surface area contributed by atoms with Crippen molar-refractivity contribution in [3.8, 4) is 0 Å². The monoisotopic (exact) mass is 227 g/mol. The molecule has 1 aliphatic carbocycles. The maximum Gasteiger partial charge on any atom is 0.304 e. The molecule has 0 heterocycles. The molecule has 16 heavy (non-hydrogen) atoms. The first-order valence-electron chi connectivity index (χ1n) is 6.36. The molecule has 1 fully saturated rings. The van der Waals surface area contributed by atoms with E-state index in [9.17, 15) is 4.79 Å². The molecule has 1 atom stereocenters. The number of carboxylic acid groups (broad SMARTS) is 1. The summed E-state index contributed by atoms with van der Waals surface area (Å²) in [6, 6.07) is -0.200. The second kappa shape index (κ2) is 5.67. The van der Waals surface area contributed by atoms with Crippen molar-refractivity contribution in [3.63, 3.8) is 0 Å². The minimum Gasteiger partial charge on any atom is -0.481 e. The van der Waals surface area contributed by atoms with E-state index in [0.29, 0.717) is 0 Å². The Kier molecular flexibility index (Phi) is 4.78. The van der Waals surface area contributed by atoms with Crippen LogP contribution in [0.5, 0.6) is 0 Å². The number of hydrogen-bond donors (Lipinski definition) is 2. The van der Waals surface area contributed by atoms with Crippen molar-refractivity contribution >= 4 is 5.97 Å². The molecule has 3 nitrogen and oxygen atoms in total. The van der Waals surface area contributed by atoms with E-state index >= 15 is 0 Å². The Hall–Kier alpha value is -0.570. The van der Waals surface area contributed by atoms with E-state index in [2.05, 4.69) is 13.8 Å². The molecule has 0 aromatic rings. The van der Waals surface area contributed by atoms with Gasteiger partial charge in [0.1, 0.15) is 0 Å². The zero-order valence-electron chi connectivity index (χ0n) is 10.5. The van der Waals surface area contributed by atoms with E-state index in [1.54, 1.807) is 0 Å². The van der Waals surface area contributed by atoms with Gasteiger partial charge in [-0.05, 0) is 24.2 Å². The predicted molar refractivity (Wildman–Crippen MR) is 65.2 cm³/mol. The Balaban J connectivity index is 2.34. The third-order valence-corrected chi connectivity index (χ3v) is 3.57. The zero-order valence-corrected chi connectivity index (χ0v) is 10.5. The van der Waals surface area contributed by atoms with Gasteiger partial charge in [0.05, 0.1) is 6.42 Å². The second-order valence-corrected chi connectivity index (χ2v) is 6.08. The summed E-state index contributed by atoms with van der Waals surface area (Å²) >= 11 is 0. The molecule has 0 amide bonds. The lowest BCUT2D eigenvalue weighted by molar-refractivity contribution is -0.137. The predicted octanol–water partition coefficient (Wildman–Crippen LogP) is 2.79. The van der Waals surface area contributed by atoms with Gasteiger partial charge in [0, 0.05) is 6.04 Å². The molecule has 1 rings (SSSR count). The van der Waals surface area contributed by atoms with E-state index < -0.39 is 5.97 Å². The fourth-order valence-electron chi connectivity index (χ4n) is 3.09. The number of carbonyl (C=O) groups is 1. The highest BCUT2D eigenvalue weighted by atomic mass is 16.4. The molecule has 0 radical (unpaired) electrons. The van der Waals surface area contributed by atoms with Crippen LogP contribution in [0.1, 0.15) is 58.8 Å². The summed E-state index contributed by atoms with van der Waals surface area (Å²) in [5.41, 5.74) is 6.04. The van der Waals surface area contributed by atoms with Gasteiger partial charge < -0.3 is 10.8 Å². The van der Waals surface area contributed by atoms with Gasteiger partial charge in [-0.1, -0.05) is 39.5 Å². The first-order chi connectivity index (χ1) is 7.39. The third-order valence-electron chi connectivity index (χ3n) is 3.57. The SMILES string of the molecule is CC(C)(CC(N)CC(=O)O)CC1CCCC1. The molecule has 0 aromatic heterocycles. The quantitative estimate of drug-likeness (QED) is 0.733. The van der Waals surface area contributed by atoms with Crippen molar-refractivity contribution < 1.29 is 9.90 Å². The molecule has 1 unspecified atom stereocenters. The Morgan fingerprint density at radius 3 is 2.50 bits per heavy atom. The van der Waals surface area contributed by atoms with Crippen molar-refractivity contribution in [2.75, 3.05) is 0 Å². The standard InChI is InChI=1S/C13H25NO2/c1-13(2,8-10-5-3-4-6-10)9-11(14)7-12(15)16/h10-11H,3-9,14H2,1-2H3,(H,15,16). The number of rotatable bonds is 6. The highest BCUT2D eigenvalue weighted by Crippen LogP contribution is 2.38. The lowest BCUT2D eigenvalue weighted by Gasteiger charge is -2.30. The zero-order chi connectivity index (χ0) is 12.2. The summed E-state index contributed by atoms with van der Waals surface area (Å²) in [6.45, 7) is 4.43. The first-order valence-corrected chi connectivity index (χ1v) is 6.36. The molecule has 0 bridgehead atoms. The van der Waals surface area contributed by atoms with E-state index in [4.69, 9.17) is 10.8 Å². The summed E-state index contributed by atoms with van der Waals surface area (Å²) in [5.74, 6) is 0.0520. The Bertz CT molecular complexity index is 232. The van der Waals surface area contributed by atoms with Crippen LogP contribution in [0.3, 0.4) is 0 Å². The fraction of sp³-hybridized carbons (Fsp3) is 0.923. The van der Waals surface area contributed by atoms with E-state index in [-0.39, 0.29) is 17.9 Å². The minimum absolute atomic E-state index is 0.0914. The Labute approximate surface area is 98.4 Å². The molecule has 0 saturated heterocycles. The summed E-state index contributed by atoms with van der Waals surface area (Å²) in [4.78, 5) is 10.6. The van der Waals surface area contributed by atoms with Crippen LogP contribution in [0.2, 0.25) is 0 Å². The molecular formula is C13H25NO2. The lowest BCUT2D eigenvalue weighted by atomic mass is 9.77. The van der Waals surface area contributed by atoms with Gasteiger partial charge in [-0.25, -0.2) is 0 Å². The highest BCUT2D eigenvalue weighted by molar-refractivity contribution is 5.67. The van der Waals surface area contributed by atoms with Gasteiger partial charge in [0.25, 0.3) is 0 Å². The average molecular weight is 227 g/mol. The van der Waals surface area contributed by atoms with Gasteiger partial charge >= 0.3 is 5.97 Å². The molecule has 1 aliphatic rings. The van der Waals surface area contributed by atoms with Gasteiger partial charge in [-0.15, -0.1) is 0 Å². The molecule has 1 saturated carbocycles. The van der Waals surface area contributed by atoms with Crippen molar-refractivity contribution in [2.45, 2.75) is 64.8 Å². The number of aliphatic carboxylic acids is 1. The number of hydrogen-bond acceptors (Lipinski definition) is 2. The van der Waals surface area contributed by atoms with E-state index in [1.807, 2.05) is 0 Å². The van der Waals surface area contributed by atoms with Gasteiger partial charge in [0.15, 0.2) is 0 Å². The van der Waals surface area contributed by atoms with E-state index in [0.717, 1.165) is 12.3 Å². The smallest absolute Gasteiger partial charge is 0.304 e. The van der Waals surface area contributed by atoms with E-state index in [1.165, 1.54) is 32.1 Å². The largest absolute Gasteiger partial charge is 0.481 e. The summed E-state index contributed by atoms with van der Waals surface area (Å²) in [6.07, 6.45) is 7.52. The van der Waals surface area contributed by atoms with Crippen molar-refractivity contribution in [3.05, 3.63) is 0 Å². The van der Waals surface area contributed by atoms with Crippen molar-refractivity contribution in [2.24, 2.45) is 17.1 Å². The maximum atomic E-state index is 10.6. The maximum absolute atomic E-state index is 10.6. The van der Waals surface area contributed by atoms with Crippen molar-refractivity contribution in [1.29, 1.82) is 0 Å². The second-order valence-electron chi connectivity index (χ2n) is 6.08. The van der Waals surface area contributed by atoms with Crippen LogP contribution in [-0.4, -0.2) is 17.1 Å². The fourth-order valence-corrected chi connectivity index (χ4v) is 3.09. The molecule has 3 heteroatoms.